The first-order valence-corrected chi connectivity index (χ1v) is 11.9. The van der Waals surface area contributed by atoms with Crippen LogP contribution in [0.4, 0.5) is 11.4 Å². The third kappa shape index (κ3) is 5.12. The number of anilines is 2. The van der Waals surface area contributed by atoms with Crippen molar-refractivity contribution in [2.75, 3.05) is 43.1 Å². The van der Waals surface area contributed by atoms with Crippen molar-refractivity contribution in [1.82, 2.24) is 4.31 Å². The molecule has 0 unspecified atom stereocenters. The third-order valence-electron chi connectivity index (χ3n) is 5.44. The number of hydrogen-bond donors (Lipinski definition) is 1. The number of morpholine rings is 1. The second-order valence-corrected chi connectivity index (χ2v) is 9.58. The molecule has 2 heterocycles. The minimum atomic E-state index is -3.41. The van der Waals surface area contributed by atoms with Crippen LogP contribution in [0, 0.1) is 0 Å². The fraction of sp³-hybridized carbons (Fsp3) is 0.364. The zero-order chi connectivity index (χ0) is 21.8. The van der Waals surface area contributed by atoms with Gasteiger partial charge in [-0.1, -0.05) is 12.1 Å². The van der Waals surface area contributed by atoms with Gasteiger partial charge in [-0.3, -0.25) is 9.59 Å². The molecule has 31 heavy (non-hydrogen) atoms. The average molecular weight is 444 g/mol. The predicted octanol–water partition coefficient (Wildman–Crippen LogP) is 2.23. The molecule has 1 N–H and O–H groups in total. The molecule has 2 saturated heterocycles. The number of nitrogens with one attached hydrogen (secondary N) is 1. The summed E-state index contributed by atoms with van der Waals surface area (Å²) < 4.78 is 31.7. The maximum Gasteiger partial charge on any atom is 0.255 e. The number of ether oxygens (including phenoxy) is 1. The topological polar surface area (TPSA) is 96.0 Å². The fourth-order valence-corrected chi connectivity index (χ4v) is 5.23. The van der Waals surface area contributed by atoms with Crippen LogP contribution in [0.2, 0.25) is 0 Å². The Kier molecular flexibility index (Phi) is 6.35. The smallest absolute Gasteiger partial charge is 0.255 e. The lowest BCUT2D eigenvalue weighted by Crippen LogP contribution is -2.41. The molecule has 2 fully saturated rings. The summed E-state index contributed by atoms with van der Waals surface area (Å²) in [5.41, 5.74) is 2.51. The van der Waals surface area contributed by atoms with E-state index in [1.807, 2.05) is 12.1 Å². The van der Waals surface area contributed by atoms with Gasteiger partial charge in [-0.15, -0.1) is 0 Å². The standard InChI is InChI=1S/C22H25N3O5S/c26-21-2-1-11-25(21)20-9-7-19(8-10-20)23-22(27)18-5-3-17(4-6-18)16-31(28,29)24-12-14-30-15-13-24/h3-10H,1-2,11-16H2,(H,23,27). The molecule has 8 nitrogen and oxygen atoms in total. The summed E-state index contributed by atoms with van der Waals surface area (Å²) in [6.07, 6.45) is 1.43. The number of rotatable bonds is 6. The molecule has 0 radical (unpaired) electrons. The van der Waals surface area contributed by atoms with Gasteiger partial charge >= 0.3 is 0 Å². The molecule has 0 spiro atoms. The van der Waals surface area contributed by atoms with Crippen LogP contribution in [-0.2, 0) is 25.3 Å². The van der Waals surface area contributed by atoms with Crippen LogP contribution in [0.1, 0.15) is 28.8 Å². The van der Waals surface area contributed by atoms with Gasteiger partial charge in [0.25, 0.3) is 5.91 Å². The third-order valence-corrected chi connectivity index (χ3v) is 7.29. The highest BCUT2D eigenvalue weighted by Gasteiger charge is 2.25. The lowest BCUT2D eigenvalue weighted by atomic mass is 10.1. The summed E-state index contributed by atoms with van der Waals surface area (Å²) in [7, 11) is -3.41. The Morgan fingerprint density at radius 1 is 0.968 bits per heavy atom. The molecule has 0 aromatic heterocycles. The highest BCUT2D eigenvalue weighted by atomic mass is 32.2. The molecule has 0 atom stereocenters. The van der Waals surface area contributed by atoms with Gasteiger partial charge in [-0.25, -0.2) is 8.42 Å². The Morgan fingerprint density at radius 3 is 2.26 bits per heavy atom. The lowest BCUT2D eigenvalue weighted by molar-refractivity contribution is -0.117. The van der Waals surface area contributed by atoms with E-state index in [1.165, 1.54) is 4.31 Å². The molecule has 0 bridgehead atoms. The Balaban J connectivity index is 1.36. The van der Waals surface area contributed by atoms with Gasteiger partial charge in [0.05, 0.1) is 19.0 Å². The number of hydrogen-bond acceptors (Lipinski definition) is 5. The van der Waals surface area contributed by atoms with Crippen LogP contribution < -0.4 is 10.2 Å². The maximum absolute atomic E-state index is 12.5. The largest absolute Gasteiger partial charge is 0.379 e. The van der Waals surface area contributed by atoms with E-state index in [0.29, 0.717) is 49.5 Å². The normalized spacial score (nSPS) is 17.7. The summed E-state index contributed by atoms with van der Waals surface area (Å²) in [4.78, 5) is 26.1. The number of nitrogens with zero attached hydrogens (tertiary/aromatic N) is 2. The molecule has 2 amide bonds. The van der Waals surface area contributed by atoms with E-state index in [2.05, 4.69) is 5.32 Å². The molecule has 2 aliphatic heterocycles. The van der Waals surface area contributed by atoms with Gasteiger partial charge in [0.1, 0.15) is 0 Å². The molecular formula is C22H25N3O5S. The monoisotopic (exact) mass is 443 g/mol. The first-order chi connectivity index (χ1) is 14.9. The van der Waals surface area contributed by atoms with E-state index in [0.717, 1.165) is 18.7 Å². The van der Waals surface area contributed by atoms with Gasteiger partial charge in [0, 0.05) is 43.0 Å². The quantitative estimate of drug-likeness (QED) is 0.739. The number of amides is 2. The Morgan fingerprint density at radius 2 is 1.65 bits per heavy atom. The SMILES string of the molecule is O=C(Nc1ccc(N2CCCC2=O)cc1)c1ccc(CS(=O)(=O)N2CCOCC2)cc1. The Bertz CT molecular complexity index is 1050. The van der Waals surface area contributed by atoms with Gasteiger partial charge in [0.2, 0.25) is 15.9 Å². The molecular weight excluding hydrogens is 418 g/mol. The van der Waals surface area contributed by atoms with Crippen LogP contribution in [0.5, 0.6) is 0 Å². The van der Waals surface area contributed by atoms with Crippen molar-refractivity contribution in [3.63, 3.8) is 0 Å². The number of carbonyl (C=O) groups is 2. The van der Waals surface area contributed by atoms with Gasteiger partial charge < -0.3 is 15.0 Å². The van der Waals surface area contributed by atoms with Gasteiger partial charge in [-0.05, 0) is 48.4 Å². The van der Waals surface area contributed by atoms with E-state index in [4.69, 9.17) is 4.74 Å². The van der Waals surface area contributed by atoms with Crippen molar-refractivity contribution in [3.8, 4) is 0 Å². The van der Waals surface area contributed by atoms with Crippen LogP contribution >= 0.6 is 0 Å². The number of sulfonamides is 1. The summed E-state index contributed by atoms with van der Waals surface area (Å²) in [5.74, 6) is -0.272. The van der Waals surface area contributed by atoms with E-state index in [1.54, 1.807) is 41.3 Å². The second kappa shape index (κ2) is 9.17. The van der Waals surface area contributed by atoms with Crippen molar-refractivity contribution in [2.45, 2.75) is 18.6 Å². The lowest BCUT2D eigenvalue weighted by Gasteiger charge is -2.26. The zero-order valence-electron chi connectivity index (χ0n) is 17.1. The summed E-state index contributed by atoms with van der Waals surface area (Å²) in [6.45, 7) is 2.28. The second-order valence-electron chi connectivity index (χ2n) is 7.61. The zero-order valence-corrected chi connectivity index (χ0v) is 17.9. The van der Waals surface area contributed by atoms with Crippen LogP contribution in [0.25, 0.3) is 0 Å². The fourth-order valence-electron chi connectivity index (χ4n) is 3.73. The predicted molar refractivity (Wildman–Crippen MR) is 117 cm³/mol. The molecule has 4 rings (SSSR count). The number of benzene rings is 2. The summed E-state index contributed by atoms with van der Waals surface area (Å²) in [5, 5.41) is 2.82. The van der Waals surface area contributed by atoms with Gasteiger partial charge in [-0.2, -0.15) is 4.31 Å². The minimum absolute atomic E-state index is 0.106. The van der Waals surface area contributed by atoms with Crippen molar-refractivity contribution in [1.29, 1.82) is 0 Å². The first kappa shape index (κ1) is 21.5. The van der Waals surface area contributed by atoms with Crippen molar-refractivity contribution < 1.29 is 22.7 Å². The highest BCUT2D eigenvalue weighted by molar-refractivity contribution is 7.88. The van der Waals surface area contributed by atoms with Crippen molar-refractivity contribution >= 4 is 33.2 Å². The van der Waals surface area contributed by atoms with E-state index in [9.17, 15) is 18.0 Å². The average Bonchev–Trinajstić information content (AvgIpc) is 3.21. The molecule has 2 aromatic rings. The maximum atomic E-state index is 12.5. The van der Waals surface area contributed by atoms with Crippen LogP contribution in [0.3, 0.4) is 0 Å². The summed E-state index contributed by atoms with van der Waals surface area (Å²) in [6, 6.07) is 13.7. The molecule has 164 valence electrons. The molecule has 9 heteroatoms. The van der Waals surface area contributed by atoms with Crippen molar-refractivity contribution in [3.05, 3.63) is 59.7 Å². The molecule has 0 saturated carbocycles. The van der Waals surface area contributed by atoms with Gasteiger partial charge in [0.15, 0.2) is 0 Å². The van der Waals surface area contributed by atoms with Crippen LogP contribution in [0.15, 0.2) is 48.5 Å². The Labute approximate surface area is 181 Å². The highest BCUT2D eigenvalue weighted by Crippen LogP contribution is 2.23. The van der Waals surface area contributed by atoms with E-state index >= 15 is 0 Å². The molecule has 0 aliphatic carbocycles. The first-order valence-electron chi connectivity index (χ1n) is 10.3. The Hall–Kier alpha value is -2.75. The van der Waals surface area contributed by atoms with E-state index < -0.39 is 10.0 Å². The molecule has 2 aromatic carbocycles. The number of carbonyl (C=O) groups excluding carboxylic acids is 2. The minimum Gasteiger partial charge on any atom is -0.379 e. The van der Waals surface area contributed by atoms with Crippen molar-refractivity contribution in [2.24, 2.45) is 0 Å². The molecule has 2 aliphatic rings. The van der Waals surface area contributed by atoms with E-state index in [-0.39, 0.29) is 17.6 Å². The summed E-state index contributed by atoms with van der Waals surface area (Å²) >= 11 is 0. The van der Waals surface area contributed by atoms with Crippen LogP contribution in [-0.4, -0.2) is 57.4 Å².